The van der Waals surface area contributed by atoms with E-state index in [-0.39, 0.29) is 18.2 Å². The van der Waals surface area contributed by atoms with E-state index in [0.29, 0.717) is 19.7 Å². The summed E-state index contributed by atoms with van der Waals surface area (Å²) >= 11 is 0. The molecule has 0 bridgehead atoms. The average Bonchev–Trinajstić information content (AvgIpc) is 2.92. The van der Waals surface area contributed by atoms with Crippen molar-refractivity contribution in [2.24, 2.45) is 0 Å². The van der Waals surface area contributed by atoms with Gasteiger partial charge in [0.15, 0.2) is 5.69 Å². The lowest BCUT2D eigenvalue weighted by molar-refractivity contribution is 0.0727. The van der Waals surface area contributed by atoms with Gasteiger partial charge in [-0.15, -0.1) is 0 Å². The molecule has 0 unspecified atom stereocenters. The van der Waals surface area contributed by atoms with E-state index in [1.165, 1.54) is 6.20 Å². The van der Waals surface area contributed by atoms with Crippen LogP contribution < -0.4 is 4.74 Å². The van der Waals surface area contributed by atoms with E-state index in [9.17, 15) is 9.90 Å². The summed E-state index contributed by atoms with van der Waals surface area (Å²) in [6.45, 7) is 1.29. The number of nitrogens with one attached hydrogen (secondary N) is 1. The Morgan fingerprint density at radius 3 is 3.15 bits per heavy atom. The van der Waals surface area contributed by atoms with Crippen molar-refractivity contribution >= 4 is 5.91 Å². The molecule has 2 heterocycles. The van der Waals surface area contributed by atoms with Gasteiger partial charge in [-0.2, -0.15) is 15.4 Å². The van der Waals surface area contributed by atoms with Gasteiger partial charge in [0, 0.05) is 12.1 Å². The highest BCUT2D eigenvalue weighted by Crippen LogP contribution is 2.25. The molecule has 3 rings (SSSR count). The molecule has 1 aromatic heterocycles. The summed E-state index contributed by atoms with van der Waals surface area (Å²) in [5, 5.41) is 19.1. The van der Waals surface area contributed by atoms with Gasteiger partial charge in [0.2, 0.25) is 0 Å². The summed E-state index contributed by atoms with van der Waals surface area (Å²) < 4.78 is 5.63. The van der Waals surface area contributed by atoms with Gasteiger partial charge < -0.3 is 14.7 Å². The second-order valence-corrected chi connectivity index (χ2v) is 4.53. The number of aromatic amines is 1. The molecule has 1 aliphatic rings. The highest BCUT2D eigenvalue weighted by molar-refractivity contribution is 5.91. The molecule has 0 radical (unpaired) electrons. The third-order valence-corrected chi connectivity index (χ3v) is 3.21. The molecule has 1 aliphatic heterocycles. The number of rotatable bonds is 2. The summed E-state index contributed by atoms with van der Waals surface area (Å²) in [4.78, 5) is 13.9. The van der Waals surface area contributed by atoms with E-state index in [2.05, 4.69) is 15.4 Å². The van der Waals surface area contributed by atoms with Gasteiger partial charge in [0.05, 0.1) is 19.3 Å². The van der Waals surface area contributed by atoms with Crippen molar-refractivity contribution in [3.05, 3.63) is 41.2 Å². The van der Waals surface area contributed by atoms with Crippen LogP contribution in [0.1, 0.15) is 21.6 Å². The molecule has 2 N–H and O–H groups in total. The monoisotopic (exact) mass is 274 g/mol. The van der Waals surface area contributed by atoms with Crippen LogP contribution in [0.25, 0.3) is 0 Å². The SMILES string of the molecule is O=C(c1cn[nH]n1)N1CCOc2ccc(CO)cc2C1. The Morgan fingerprint density at radius 2 is 2.40 bits per heavy atom. The summed E-state index contributed by atoms with van der Waals surface area (Å²) in [7, 11) is 0. The van der Waals surface area contributed by atoms with Crippen molar-refractivity contribution < 1.29 is 14.6 Å². The van der Waals surface area contributed by atoms with Gasteiger partial charge in [-0.25, -0.2) is 0 Å². The number of fused-ring (bicyclic) bond motifs is 1. The molecule has 20 heavy (non-hydrogen) atoms. The molecule has 1 amide bonds. The Kier molecular flexibility index (Phi) is 3.34. The highest BCUT2D eigenvalue weighted by atomic mass is 16.5. The quantitative estimate of drug-likeness (QED) is 0.823. The third-order valence-electron chi connectivity index (χ3n) is 3.21. The zero-order valence-electron chi connectivity index (χ0n) is 10.7. The average molecular weight is 274 g/mol. The Hall–Kier alpha value is -2.41. The topological polar surface area (TPSA) is 91.3 Å². The minimum atomic E-state index is -0.190. The van der Waals surface area contributed by atoms with E-state index in [1.807, 2.05) is 18.2 Å². The minimum absolute atomic E-state index is 0.0372. The van der Waals surface area contributed by atoms with Crippen molar-refractivity contribution in [3.8, 4) is 5.75 Å². The lowest BCUT2D eigenvalue weighted by Gasteiger charge is -2.18. The number of aliphatic hydroxyl groups excluding tert-OH is 1. The standard InChI is InChI=1S/C13H14N4O3/c18-8-9-1-2-12-10(5-9)7-17(3-4-20-12)13(19)11-6-14-16-15-11/h1-2,5-6,18H,3-4,7-8H2,(H,14,15,16). The fourth-order valence-electron chi connectivity index (χ4n) is 2.19. The summed E-state index contributed by atoms with van der Waals surface area (Å²) in [5.74, 6) is 0.558. The Bertz CT molecular complexity index is 612. The molecule has 0 saturated heterocycles. The Morgan fingerprint density at radius 1 is 1.50 bits per heavy atom. The van der Waals surface area contributed by atoms with Crippen LogP contribution in [0.3, 0.4) is 0 Å². The first-order valence-electron chi connectivity index (χ1n) is 6.28. The smallest absolute Gasteiger partial charge is 0.276 e. The number of hydrogen-bond donors (Lipinski definition) is 2. The van der Waals surface area contributed by atoms with Crippen LogP contribution >= 0.6 is 0 Å². The first-order chi connectivity index (χ1) is 9.78. The van der Waals surface area contributed by atoms with Gasteiger partial charge in [0.25, 0.3) is 5.91 Å². The number of carbonyl (C=O) groups is 1. The Balaban J connectivity index is 1.87. The van der Waals surface area contributed by atoms with Gasteiger partial charge in [-0.3, -0.25) is 4.79 Å². The van der Waals surface area contributed by atoms with Crippen molar-refractivity contribution in [3.63, 3.8) is 0 Å². The number of aromatic nitrogens is 3. The van der Waals surface area contributed by atoms with Gasteiger partial charge in [-0.05, 0) is 17.7 Å². The molecule has 0 atom stereocenters. The zero-order valence-corrected chi connectivity index (χ0v) is 10.7. The highest BCUT2D eigenvalue weighted by Gasteiger charge is 2.22. The fourth-order valence-corrected chi connectivity index (χ4v) is 2.19. The first-order valence-corrected chi connectivity index (χ1v) is 6.28. The molecule has 7 nitrogen and oxygen atoms in total. The maximum absolute atomic E-state index is 12.3. The van der Waals surface area contributed by atoms with E-state index >= 15 is 0 Å². The van der Waals surface area contributed by atoms with Crippen LogP contribution in [0.4, 0.5) is 0 Å². The molecule has 2 aromatic rings. The van der Waals surface area contributed by atoms with E-state index < -0.39 is 0 Å². The predicted octanol–water partition coefficient (Wildman–Crippen LogP) is 0.332. The van der Waals surface area contributed by atoms with Crippen LogP contribution in [-0.4, -0.2) is 44.5 Å². The summed E-state index contributed by atoms with van der Waals surface area (Å²) in [5.41, 5.74) is 1.96. The number of hydrogen-bond acceptors (Lipinski definition) is 5. The van der Waals surface area contributed by atoms with Crippen LogP contribution in [0.2, 0.25) is 0 Å². The summed E-state index contributed by atoms with van der Waals surface area (Å²) in [6.07, 6.45) is 1.40. The second-order valence-electron chi connectivity index (χ2n) is 4.53. The number of benzene rings is 1. The van der Waals surface area contributed by atoms with Crippen molar-refractivity contribution in [1.82, 2.24) is 20.3 Å². The number of H-pyrrole nitrogens is 1. The normalized spacial score (nSPS) is 14.3. The number of nitrogens with zero attached hydrogens (tertiary/aromatic N) is 3. The van der Waals surface area contributed by atoms with Crippen LogP contribution in [0, 0.1) is 0 Å². The molecule has 7 heteroatoms. The molecule has 1 aromatic carbocycles. The number of amides is 1. The third kappa shape index (κ3) is 2.35. The van der Waals surface area contributed by atoms with Crippen LogP contribution in [0.15, 0.2) is 24.4 Å². The van der Waals surface area contributed by atoms with Crippen molar-refractivity contribution in [2.75, 3.05) is 13.2 Å². The molecular weight excluding hydrogens is 260 g/mol. The molecule has 0 saturated carbocycles. The van der Waals surface area contributed by atoms with Crippen molar-refractivity contribution in [2.45, 2.75) is 13.2 Å². The summed E-state index contributed by atoms with van der Waals surface area (Å²) in [6, 6.07) is 5.49. The molecule has 104 valence electrons. The van der Waals surface area contributed by atoms with Gasteiger partial charge in [0.1, 0.15) is 12.4 Å². The van der Waals surface area contributed by atoms with Crippen LogP contribution in [0.5, 0.6) is 5.75 Å². The number of carbonyl (C=O) groups excluding carboxylic acids is 1. The first kappa shape index (κ1) is 12.6. The van der Waals surface area contributed by atoms with E-state index in [1.54, 1.807) is 4.90 Å². The molecule has 0 fully saturated rings. The molecular formula is C13H14N4O3. The fraction of sp³-hybridized carbons (Fsp3) is 0.308. The molecule has 0 aliphatic carbocycles. The lowest BCUT2D eigenvalue weighted by Crippen LogP contribution is -2.32. The maximum atomic E-state index is 12.3. The van der Waals surface area contributed by atoms with Gasteiger partial charge in [-0.1, -0.05) is 6.07 Å². The Labute approximate surface area is 115 Å². The lowest BCUT2D eigenvalue weighted by atomic mass is 10.1. The van der Waals surface area contributed by atoms with Gasteiger partial charge >= 0.3 is 0 Å². The van der Waals surface area contributed by atoms with E-state index in [0.717, 1.165) is 16.9 Å². The minimum Gasteiger partial charge on any atom is -0.491 e. The van der Waals surface area contributed by atoms with Crippen LogP contribution in [-0.2, 0) is 13.2 Å². The zero-order chi connectivity index (χ0) is 13.9. The largest absolute Gasteiger partial charge is 0.491 e. The van der Waals surface area contributed by atoms with Crippen molar-refractivity contribution in [1.29, 1.82) is 0 Å². The second kappa shape index (κ2) is 5.30. The number of aliphatic hydroxyl groups is 1. The number of ether oxygens (including phenoxy) is 1. The maximum Gasteiger partial charge on any atom is 0.276 e. The predicted molar refractivity (Wildman–Crippen MR) is 69.0 cm³/mol. The molecule has 0 spiro atoms. The van der Waals surface area contributed by atoms with E-state index in [4.69, 9.17) is 4.74 Å².